The van der Waals surface area contributed by atoms with Crippen LogP contribution in [0.5, 0.6) is 0 Å². The zero-order valence-corrected chi connectivity index (χ0v) is 14.2. The average molecular weight is 341 g/mol. The van der Waals surface area contributed by atoms with Crippen LogP contribution in [0.3, 0.4) is 0 Å². The fourth-order valence-corrected chi connectivity index (χ4v) is 3.36. The molecule has 0 spiro atoms. The van der Waals surface area contributed by atoms with Crippen molar-refractivity contribution in [2.45, 2.75) is 25.3 Å². The Morgan fingerprint density at radius 2 is 2.00 bits per heavy atom. The maximum atomic E-state index is 13.0. The van der Waals surface area contributed by atoms with Crippen LogP contribution >= 0.6 is 0 Å². The monoisotopic (exact) mass is 341 g/mol. The molecule has 4 rings (SSSR count). The molecular weight excluding hydrogens is 318 g/mol. The number of nitrogens with zero attached hydrogens (tertiary/aromatic N) is 1. The fraction of sp³-hybridized carbons (Fsp3) is 0.474. The lowest BCUT2D eigenvalue weighted by molar-refractivity contribution is -0.140. The van der Waals surface area contributed by atoms with Crippen molar-refractivity contribution in [2.24, 2.45) is 5.92 Å². The van der Waals surface area contributed by atoms with Crippen LogP contribution in [0.15, 0.2) is 30.5 Å². The number of carbonyl (C=O) groups is 2. The number of H-pyrrole nitrogens is 1. The third-order valence-corrected chi connectivity index (χ3v) is 4.98. The van der Waals surface area contributed by atoms with E-state index in [1.165, 1.54) is 0 Å². The van der Waals surface area contributed by atoms with E-state index >= 15 is 0 Å². The van der Waals surface area contributed by atoms with Gasteiger partial charge >= 0.3 is 0 Å². The van der Waals surface area contributed by atoms with Gasteiger partial charge in [0, 0.05) is 42.5 Å². The van der Waals surface area contributed by atoms with E-state index in [0.29, 0.717) is 32.7 Å². The second-order valence-corrected chi connectivity index (χ2v) is 6.84. The maximum absolute atomic E-state index is 13.0. The van der Waals surface area contributed by atoms with E-state index in [4.69, 9.17) is 4.74 Å². The maximum Gasteiger partial charge on any atom is 0.245 e. The summed E-state index contributed by atoms with van der Waals surface area (Å²) < 4.78 is 5.34. The van der Waals surface area contributed by atoms with Crippen LogP contribution in [0, 0.1) is 5.92 Å². The zero-order chi connectivity index (χ0) is 17.2. The van der Waals surface area contributed by atoms with E-state index in [1.807, 2.05) is 30.5 Å². The van der Waals surface area contributed by atoms with Crippen molar-refractivity contribution in [3.63, 3.8) is 0 Å². The number of para-hydroxylation sites is 1. The van der Waals surface area contributed by atoms with Gasteiger partial charge in [0.2, 0.25) is 11.8 Å². The summed E-state index contributed by atoms with van der Waals surface area (Å²) in [5.74, 6) is 0.0805. The lowest BCUT2D eigenvalue weighted by Crippen LogP contribution is -2.52. The van der Waals surface area contributed by atoms with Crippen LogP contribution in [0.2, 0.25) is 0 Å². The summed E-state index contributed by atoms with van der Waals surface area (Å²) in [6.45, 7) is 2.29. The van der Waals surface area contributed by atoms with Crippen LogP contribution in [-0.4, -0.2) is 54.0 Å². The van der Waals surface area contributed by atoms with Crippen molar-refractivity contribution in [2.75, 3.05) is 26.3 Å². The molecule has 2 heterocycles. The summed E-state index contributed by atoms with van der Waals surface area (Å²) in [6, 6.07) is 7.50. The van der Waals surface area contributed by atoms with Gasteiger partial charge in [0.15, 0.2) is 0 Å². The minimum atomic E-state index is -0.523. The van der Waals surface area contributed by atoms with Crippen LogP contribution in [0.25, 0.3) is 10.9 Å². The highest BCUT2D eigenvalue weighted by atomic mass is 16.5. The predicted octanol–water partition coefficient (Wildman–Crippen LogP) is 1.46. The molecule has 1 aromatic heterocycles. The fourth-order valence-electron chi connectivity index (χ4n) is 3.36. The minimum absolute atomic E-state index is 0.00597. The number of morpholine rings is 1. The second-order valence-electron chi connectivity index (χ2n) is 6.84. The number of rotatable bonds is 5. The van der Waals surface area contributed by atoms with Gasteiger partial charge in [0.25, 0.3) is 0 Å². The largest absolute Gasteiger partial charge is 0.378 e. The number of aromatic amines is 1. The SMILES string of the molecule is O=C(N[C@H](Cc1c[nH]c2ccccc12)C(=O)N1CCOCC1)C1CC1. The van der Waals surface area contributed by atoms with Gasteiger partial charge in [0.1, 0.15) is 6.04 Å². The van der Waals surface area contributed by atoms with Gasteiger partial charge in [-0.25, -0.2) is 0 Å². The summed E-state index contributed by atoms with van der Waals surface area (Å²) in [6.07, 6.45) is 4.29. The highest BCUT2D eigenvalue weighted by Crippen LogP contribution is 2.29. The van der Waals surface area contributed by atoms with Gasteiger partial charge in [-0.15, -0.1) is 0 Å². The molecule has 2 N–H and O–H groups in total. The highest BCUT2D eigenvalue weighted by Gasteiger charge is 2.34. The first-order valence-corrected chi connectivity index (χ1v) is 8.94. The standard InChI is InChI=1S/C19H23N3O3/c23-18(13-5-6-13)21-17(19(24)22-7-9-25-10-8-22)11-14-12-20-16-4-2-1-3-15(14)16/h1-4,12-13,17,20H,5-11H2,(H,21,23)/t17-/m1/s1. The van der Waals surface area contributed by atoms with Crippen molar-refractivity contribution in [3.8, 4) is 0 Å². The van der Waals surface area contributed by atoms with E-state index < -0.39 is 6.04 Å². The first kappa shape index (κ1) is 16.1. The Morgan fingerprint density at radius 1 is 1.24 bits per heavy atom. The van der Waals surface area contributed by atoms with Gasteiger partial charge in [-0.3, -0.25) is 9.59 Å². The molecule has 2 aromatic rings. The number of aromatic nitrogens is 1. The Balaban J connectivity index is 1.55. The number of ether oxygens (including phenoxy) is 1. The smallest absolute Gasteiger partial charge is 0.245 e. The predicted molar refractivity (Wildman–Crippen MR) is 94.1 cm³/mol. The molecule has 1 atom stereocenters. The molecule has 1 aromatic carbocycles. The van der Waals surface area contributed by atoms with Gasteiger partial charge in [-0.2, -0.15) is 0 Å². The minimum Gasteiger partial charge on any atom is -0.378 e. The molecule has 25 heavy (non-hydrogen) atoms. The van der Waals surface area contributed by atoms with Gasteiger partial charge in [0.05, 0.1) is 13.2 Å². The topological polar surface area (TPSA) is 74.4 Å². The van der Waals surface area contributed by atoms with E-state index in [0.717, 1.165) is 29.3 Å². The van der Waals surface area contributed by atoms with E-state index in [2.05, 4.69) is 10.3 Å². The lowest BCUT2D eigenvalue weighted by atomic mass is 10.0. The number of benzene rings is 1. The number of carbonyl (C=O) groups excluding carboxylic acids is 2. The molecule has 1 aliphatic carbocycles. The summed E-state index contributed by atoms with van der Waals surface area (Å²) in [4.78, 5) is 30.3. The average Bonchev–Trinajstić information content (AvgIpc) is 3.43. The molecule has 2 fully saturated rings. The first-order chi connectivity index (χ1) is 12.2. The molecule has 6 nitrogen and oxygen atoms in total. The molecule has 132 valence electrons. The van der Waals surface area contributed by atoms with Crippen molar-refractivity contribution in [1.82, 2.24) is 15.2 Å². The van der Waals surface area contributed by atoms with Gasteiger partial charge in [-0.05, 0) is 24.5 Å². The molecule has 0 radical (unpaired) electrons. The molecule has 2 amide bonds. The van der Waals surface area contributed by atoms with E-state index in [9.17, 15) is 9.59 Å². The molecule has 1 aliphatic heterocycles. The Morgan fingerprint density at radius 3 is 2.76 bits per heavy atom. The Kier molecular flexibility index (Phi) is 4.44. The Labute approximate surface area is 146 Å². The summed E-state index contributed by atoms with van der Waals surface area (Å²) in [5, 5.41) is 4.09. The molecule has 2 aliphatic rings. The summed E-state index contributed by atoms with van der Waals surface area (Å²) in [7, 11) is 0. The van der Waals surface area contributed by atoms with Crippen molar-refractivity contribution in [3.05, 3.63) is 36.0 Å². The summed E-state index contributed by atoms with van der Waals surface area (Å²) >= 11 is 0. The number of hydrogen-bond donors (Lipinski definition) is 2. The molecular formula is C19H23N3O3. The first-order valence-electron chi connectivity index (χ1n) is 8.94. The van der Waals surface area contributed by atoms with Crippen LogP contribution in [-0.2, 0) is 20.7 Å². The molecule has 1 saturated carbocycles. The van der Waals surface area contributed by atoms with E-state index in [-0.39, 0.29) is 17.7 Å². The van der Waals surface area contributed by atoms with Crippen LogP contribution < -0.4 is 5.32 Å². The van der Waals surface area contributed by atoms with Crippen LogP contribution in [0.4, 0.5) is 0 Å². The normalized spacial score (nSPS) is 19.0. The van der Waals surface area contributed by atoms with Crippen LogP contribution in [0.1, 0.15) is 18.4 Å². The molecule has 6 heteroatoms. The number of hydrogen-bond acceptors (Lipinski definition) is 3. The third-order valence-electron chi connectivity index (χ3n) is 4.98. The van der Waals surface area contributed by atoms with Gasteiger partial charge in [-0.1, -0.05) is 18.2 Å². The summed E-state index contributed by atoms with van der Waals surface area (Å²) in [5.41, 5.74) is 2.10. The number of fused-ring (bicyclic) bond motifs is 1. The third kappa shape index (κ3) is 3.54. The Hall–Kier alpha value is -2.34. The van der Waals surface area contributed by atoms with Crippen molar-refractivity contribution in [1.29, 1.82) is 0 Å². The van der Waals surface area contributed by atoms with E-state index in [1.54, 1.807) is 4.90 Å². The molecule has 0 unspecified atom stereocenters. The van der Waals surface area contributed by atoms with Crippen molar-refractivity contribution < 1.29 is 14.3 Å². The lowest BCUT2D eigenvalue weighted by Gasteiger charge is -2.30. The van der Waals surface area contributed by atoms with Gasteiger partial charge < -0.3 is 19.9 Å². The highest BCUT2D eigenvalue weighted by molar-refractivity contribution is 5.91. The number of amides is 2. The second kappa shape index (κ2) is 6.88. The van der Waals surface area contributed by atoms with Crippen molar-refractivity contribution >= 4 is 22.7 Å². The quantitative estimate of drug-likeness (QED) is 0.865. The molecule has 0 bridgehead atoms. The number of nitrogens with one attached hydrogen (secondary N) is 2. The Bertz CT molecular complexity index is 775. The zero-order valence-electron chi connectivity index (χ0n) is 14.2. The molecule has 1 saturated heterocycles.